The fraction of sp³-hybridized carbons (Fsp3) is 0.312. The highest BCUT2D eigenvalue weighted by Crippen LogP contribution is 2.27. The number of halogens is 1. The highest BCUT2D eigenvalue weighted by molar-refractivity contribution is 6.32. The molecule has 0 fully saturated rings. The number of rotatable bonds is 6. The largest absolute Gasteiger partial charge is 0.495 e. The van der Waals surface area contributed by atoms with Crippen molar-refractivity contribution in [3.63, 3.8) is 0 Å². The Balaban J connectivity index is 2.04. The molecule has 6 nitrogen and oxygen atoms in total. The summed E-state index contributed by atoms with van der Waals surface area (Å²) in [6.07, 6.45) is 3.93. The van der Waals surface area contributed by atoms with E-state index in [2.05, 4.69) is 27.5 Å². The lowest BCUT2D eigenvalue weighted by molar-refractivity contribution is 0.102. The summed E-state index contributed by atoms with van der Waals surface area (Å²) in [5.41, 5.74) is 0.939. The number of amides is 1. The van der Waals surface area contributed by atoms with Crippen LogP contribution in [0.2, 0.25) is 5.02 Å². The molecule has 0 radical (unpaired) electrons. The Hall–Kier alpha value is -2.34. The van der Waals surface area contributed by atoms with Gasteiger partial charge in [0.25, 0.3) is 5.91 Å². The zero-order valence-corrected chi connectivity index (χ0v) is 14.0. The van der Waals surface area contributed by atoms with Gasteiger partial charge in [-0.2, -0.15) is 0 Å². The van der Waals surface area contributed by atoms with Crippen LogP contribution in [-0.2, 0) is 0 Å². The first kappa shape index (κ1) is 17.0. The molecule has 1 aromatic carbocycles. The smallest absolute Gasteiger partial charge is 0.258 e. The van der Waals surface area contributed by atoms with Crippen LogP contribution in [0, 0.1) is 0 Å². The Bertz CT molecular complexity index is 676. The standard InChI is InChI=1S/C16H19ClN4O2/c1-4-10(2)20-16-18-8-11(9-19-16)15(22)21-12-5-6-14(23-3)13(17)7-12/h5-10H,4H2,1-3H3,(H,21,22)(H,18,19,20). The van der Waals surface area contributed by atoms with E-state index in [9.17, 15) is 4.79 Å². The van der Waals surface area contributed by atoms with Crippen molar-refractivity contribution in [3.8, 4) is 5.75 Å². The first-order valence-electron chi connectivity index (χ1n) is 7.27. The third kappa shape index (κ3) is 4.56. The monoisotopic (exact) mass is 334 g/mol. The van der Waals surface area contributed by atoms with Crippen molar-refractivity contribution >= 4 is 29.1 Å². The molecule has 0 saturated heterocycles. The van der Waals surface area contributed by atoms with Crippen molar-refractivity contribution in [1.29, 1.82) is 0 Å². The molecule has 1 atom stereocenters. The molecule has 2 N–H and O–H groups in total. The predicted octanol–water partition coefficient (Wildman–Crippen LogP) is 3.60. The van der Waals surface area contributed by atoms with Gasteiger partial charge < -0.3 is 15.4 Å². The van der Waals surface area contributed by atoms with Crippen LogP contribution < -0.4 is 15.4 Å². The number of methoxy groups -OCH3 is 1. The van der Waals surface area contributed by atoms with Gasteiger partial charge in [0.1, 0.15) is 5.75 Å². The van der Waals surface area contributed by atoms with E-state index < -0.39 is 0 Å². The minimum absolute atomic E-state index is 0.274. The molecule has 23 heavy (non-hydrogen) atoms. The topological polar surface area (TPSA) is 76.1 Å². The number of anilines is 2. The van der Waals surface area contributed by atoms with Crippen molar-refractivity contribution in [2.75, 3.05) is 17.7 Å². The molecule has 1 heterocycles. The van der Waals surface area contributed by atoms with Gasteiger partial charge in [-0.25, -0.2) is 9.97 Å². The molecular formula is C16H19ClN4O2. The van der Waals surface area contributed by atoms with Gasteiger partial charge in [-0.05, 0) is 31.5 Å². The van der Waals surface area contributed by atoms with Gasteiger partial charge in [-0.1, -0.05) is 18.5 Å². The predicted molar refractivity (Wildman–Crippen MR) is 91.4 cm³/mol. The quantitative estimate of drug-likeness (QED) is 0.844. The van der Waals surface area contributed by atoms with Crippen molar-refractivity contribution in [1.82, 2.24) is 9.97 Å². The summed E-state index contributed by atoms with van der Waals surface area (Å²) in [5.74, 6) is 0.748. The Morgan fingerprint density at radius 2 is 2.04 bits per heavy atom. The second-order valence-electron chi connectivity index (χ2n) is 5.05. The number of carbonyl (C=O) groups excluding carboxylic acids is 1. The molecule has 0 aliphatic heterocycles. The molecule has 0 aliphatic carbocycles. The van der Waals surface area contributed by atoms with Gasteiger partial charge in [0, 0.05) is 24.1 Å². The van der Waals surface area contributed by atoms with E-state index in [1.54, 1.807) is 18.2 Å². The average Bonchev–Trinajstić information content (AvgIpc) is 2.55. The van der Waals surface area contributed by atoms with Gasteiger partial charge >= 0.3 is 0 Å². The van der Waals surface area contributed by atoms with Gasteiger partial charge in [-0.3, -0.25) is 4.79 Å². The fourth-order valence-electron chi connectivity index (χ4n) is 1.79. The van der Waals surface area contributed by atoms with Gasteiger partial charge in [-0.15, -0.1) is 0 Å². The van der Waals surface area contributed by atoms with Crippen LogP contribution >= 0.6 is 11.6 Å². The number of benzene rings is 1. The number of aromatic nitrogens is 2. The highest BCUT2D eigenvalue weighted by atomic mass is 35.5. The van der Waals surface area contributed by atoms with Crippen LogP contribution in [-0.4, -0.2) is 29.0 Å². The highest BCUT2D eigenvalue weighted by Gasteiger charge is 2.10. The maximum atomic E-state index is 12.2. The third-order valence-corrected chi connectivity index (χ3v) is 3.61. The van der Waals surface area contributed by atoms with E-state index in [4.69, 9.17) is 16.3 Å². The van der Waals surface area contributed by atoms with Crippen LogP contribution in [0.1, 0.15) is 30.6 Å². The number of ether oxygens (including phenoxy) is 1. The van der Waals surface area contributed by atoms with Crippen LogP contribution in [0.5, 0.6) is 5.75 Å². The lowest BCUT2D eigenvalue weighted by Crippen LogP contribution is -2.17. The molecule has 0 saturated carbocycles. The molecule has 0 aliphatic rings. The second-order valence-corrected chi connectivity index (χ2v) is 5.46. The molecule has 1 aromatic heterocycles. The normalized spacial score (nSPS) is 11.7. The number of nitrogens with zero attached hydrogens (tertiary/aromatic N) is 2. The molecule has 2 rings (SSSR count). The molecule has 1 unspecified atom stereocenters. The molecule has 0 bridgehead atoms. The van der Waals surface area contributed by atoms with Crippen LogP contribution in [0.15, 0.2) is 30.6 Å². The molecule has 7 heteroatoms. The van der Waals surface area contributed by atoms with Gasteiger partial charge in [0.15, 0.2) is 0 Å². The molecule has 1 amide bonds. The Morgan fingerprint density at radius 1 is 1.35 bits per heavy atom. The van der Waals surface area contributed by atoms with Crippen LogP contribution in [0.4, 0.5) is 11.6 Å². The number of nitrogens with one attached hydrogen (secondary N) is 2. The number of hydrogen-bond donors (Lipinski definition) is 2. The minimum atomic E-state index is -0.304. The number of carbonyl (C=O) groups is 1. The first-order valence-corrected chi connectivity index (χ1v) is 7.64. The summed E-state index contributed by atoms with van der Waals surface area (Å²) >= 11 is 6.03. The zero-order chi connectivity index (χ0) is 16.8. The van der Waals surface area contributed by atoms with E-state index in [1.165, 1.54) is 19.5 Å². The van der Waals surface area contributed by atoms with E-state index in [0.29, 0.717) is 28.0 Å². The average molecular weight is 335 g/mol. The van der Waals surface area contributed by atoms with Crippen molar-refractivity contribution in [2.45, 2.75) is 26.3 Å². The summed E-state index contributed by atoms with van der Waals surface area (Å²) in [5, 5.41) is 6.31. The minimum Gasteiger partial charge on any atom is -0.495 e. The fourth-order valence-corrected chi connectivity index (χ4v) is 2.05. The van der Waals surface area contributed by atoms with E-state index in [-0.39, 0.29) is 11.9 Å². The molecule has 0 spiro atoms. The van der Waals surface area contributed by atoms with Crippen molar-refractivity contribution in [2.24, 2.45) is 0 Å². The van der Waals surface area contributed by atoms with Gasteiger partial charge in [0.05, 0.1) is 17.7 Å². The maximum absolute atomic E-state index is 12.2. The summed E-state index contributed by atoms with van der Waals surface area (Å²) in [4.78, 5) is 20.5. The molecule has 122 valence electrons. The Labute approximate surface area is 140 Å². The van der Waals surface area contributed by atoms with Gasteiger partial charge in [0.2, 0.25) is 5.95 Å². The van der Waals surface area contributed by atoms with Crippen molar-refractivity contribution in [3.05, 3.63) is 41.2 Å². The SMILES string of the molecule is CCC(C)Nc1ncc(C(=O)Nc2ccc(OC)c(Cl)c2)cn1. The summed E-state index contributed by atoms with van der Waals surface area (Å²) < 4.78 is 5.07. The first-order chi connectivity index (χ1) is 11.0. The Kier molecular flexibility index (Phi) is 5.76. The molecular weight excluding hydrogens is 316 g/mol. The third-order valence-electron chi connectivity index (χ3n) is 3.31. The second kappa shape index (κ2) is 7.78. The Morgan fingerprint density at radius 3 is 2.61 bits per heavy atom. The lowest BCUT2D eigenvalue weighted by Gasteiger charge is -2.11. The lowest BCUT2D eigenvalue weighted by atomic mass is 10.2. The summed E-state index contributed by atoms with van der Waals surface area (Å²) in [7, 11) is 1.53. The maximum Gasteiger partial charge on any atom is 0.258 e. The number of hydrogen-bond acceptors (Lipinski definition) is 5. The molecule has 2 aromatic rings. The van der Waals surface area contributed by atoms with Crippen LogP contribution in [0.25, 0.3) is 0 Å². The zero-order valence-electron chi connectivity index (χ0n) is 13.3. The van der Waals surface area contributed by atoms with Crippen molar-refractivity contribution < 1.29 is 9.53 Å². The van der Waals surface area contributed by atoms with E-state index in [0.717, 1.165) is 6.42 Å². The van der Waals surface area contributed by atoms with Crippen LogP contribution in [0.3, 0.4) is 0 Å². The summed E-state index contributed by atoms with van der Waals surface area (Å²) in [6.45, 7) is 4.11. The van der Waals surface area contributed by atoms with E-state index in [1.807, 2.05) is 6.92 Å². The van der Waals surface area contributed by atoms with E-state index >= 15 is 0 Å². The summed E-state index contributed by atoms with van der Waals surface area (Å²) in [6, 6.07) is 5.30.